The molecular weight excluding hydrogens is 326 g/mol. The van der Waals surface area contributed by atoms with Crippen LogP contribution in [0.15, 0.2) is 24.3 Å². The maximum atomic E-state index is 9.56. The van der Waals surface area contributed by atoms with Gasteiger partial charge in [0, 0.05) is 43.9 Å². The van der Waals surface area contributed by atoms with Gasteiger partial charge in [-0.05, 0) is 43.9 Å². The summed E-state index contributed by atoms with van der Waals surface area (Å²) in [6.45, 7) is 8.11. The molecule has 1 saturated carbocycles. The average molecular weight is 353 g/mol. The van der Waals surface area contributed by atoms with Gasteiger partial charge in [0.1, 0.15) is 5.82 Å². The Morgan fingerprint density at radius 1 is 1.04 bits per heavy atom. The maximum Gasteiger partial charge on any atom is 0.222 e. The van der Waals surface area contributed by atoms with E-state index in [-0.39, 0.29) is 6.10 Å². The molecule has 0 amide bonds. The fourth-order valence-electron chi connectivity index (χ4n) is 3.93. The number of nitrogens with two attached hydrogens (primary N) is 1. The van der Waals surface area contributed by atoms with Gasteiger partial charge in [0.25, 0.3) is 0 Å². The first-order valence-corrected chi connectivity index (χ1v) is 9.40. The number of benzene rings is 1. The monoisotopic (exact) mass is 353 g/mol. The van der Waals surface area contributed by atoms with Crippen molar-refractivity contribution in [2.75, 3.05) is 41.7 Å². The molecule has 0 spiro atoms. The van der Waals surface area contributed by atoms with Crippen LogP contribution in [0.4, 0.5) is 17.5 Å². The molecule has 26 heavy (non-hydrogen) atoms. The van der Waals surface area contributed by atoms with Gasteiger partial charge >= 0.3 is 0 Å². The number of hydrogen-bond donors (Lipinski definition) is 2. The Balaban J connectivity index is 1.47. The smallest absolute Gasteiger partial charge is 0.222 e. The van der Waals surface area contributed by atoms with E-state index >= 15 is 0 Å². The zero-order valence-corrected chi connectivity index (χ0v) is 15.5. The van der Waals surface area contributed by atoms with Gasteiger partial charge in [-0.25, -0.2) is 4.98 Å². The summed E-state index contributed by atoms with van der Waals surface area (Å²) < 4.78 is 0. The first-order chi connectivity index (χ1) is 12.5. The highest BCUT2D eigenvalue weighted by molar-refractivity contribution is 5.57. The van der Waals surface area contributed by atoms with E-state index in [1.54, 1.807) is 0 Å². The van der Waals surface area contributed by atoms with Gasteiger partial charge in [0.15, 0.2) is 0 Å². The molecule has 1 aromatic heterocycles. The highest BCUT2D eigenvalue weighted by atomic mass is 16.3. The quantitative estimate of drug-likeness (QED) is 0.881. The largest absolute Gasteiger partial charge is 0.393 e. The van der Waals surface area contributed by atoms with Gasteiger partial charge in [-0.3, -0.25) is 0 Å². The third kappa shape index (κ3) is 3.21. The molecule has 0 unspecified atom stereocenters. The second kappa shape index (κ2) is 6.76. The second-order valence-corrected chi connectivity index (χ2v) is 7.52. The van der Waals surface area contributed by atoms with Crippen LogP contribution in [-0.2, 0) is 0 Å². The number of hydrogen-bond acceptors (Lipinski definition) is 6. The van der Waals surface area contributed by atoms with Gasteiger partial charge in [-0.2, -0.15) is 4.98 Å². The molecule has 0 atom stereocenters. The van der Waals surface area contributed by atoms with E-state index in [2.05, 4.69) is 57.9 Å². The summed E-state index contributed by atoms with van der Waals surface area (Å²) in [7, 11) is 0. The number of aliphatic hydroxyl groups excluding tert-OH is 1. The maximum absolute atomic E-state index is 9.56. The number of aliphatic hydroxyl groups is 1. The van der Waals surface area contributed by atoms with E-state index in [1.807, 2.05) is 0 Å². The number of piperazine rings is 1. The summed E-state index contributed by atoms with van der Waals surface area (Å²) in [5.74, 6) is 1.55. The number of aryl methyl sites for hydroxylation is 1. The lowest BCUT2D eigenvalue weighted by Gasteiger charge is -2.38. The van der Waals surface area contributed by atoms with Crippen molar-refractivity contribution in [1.82, 2.24) is 9.97 Å². The molecule has 4 rings (SSSR count). The highest BCUT2D eigenvalue weighted by Crippen LogP contribution is 2.37. The lowest BCUT2D eigenvalue weighted by Crippen LogP contribution is -2.47. The van der Waals surface area contributed by atoms with E-state index in [4.69, 9.17) is 5.73 Å². The first kappa shape index (κ1) is 17.1. The van der Waals surface area contributed by atoms with Crippen LogP contribution in [0.5, 0.6) is 0 Å². The number of rotatable bonds is 3. The summed E-state index contributed by atoms with van der Waals surface area (Å²) in [4.78, 5) is 13.6. The molecule has 1 saturated heterocycles. The SMILES string of the molecule is Cc1cccc(N2CCN(c3cc(C4CC(O)C4)nc(N)n3)CC2)c1C. The van der Waals surface area contributed by atoms with Crippen LogP contribution < -0.4 is 15.5 Å². The van der Waals surface area contributed by atoms with Crippen LogP contribution in [0.25, 0.3) is 0 Å². The summed E-state index contributed by atoms with van der Waals surface area (Å²) in [5.41, 5.74) is 10.9. The van der Waals surface area contributed by atoms with E-state index in [0.29, 0.717) is 11.9 Å². The molecule has 138 valence electrons. The Hall–Kier alpha value is -2.34. The average Bonchev–Trinajstić information content (AvgIpc) is 2.61. The Kier molecular flexibility index (Phi) is 4.44. The van der Waals surface area contributed by atoms with Gasteiger partial charge in [-0.1, -0.05) is 12.1 Å². The summed E-state index contributed by atoms with van der Waals surface area (Å²) >= 11 is 0. The predicted octanol–water partition coefficient (Wildman–Crippen LogP) is 2.24. The van der Waals surface area contributed by atoms with Gasteiger partial charge in [-0.15, -0.1) is 0 Å². The fourth-order valence-corrected chi connectivity index (χ4v) is 3.93. The predicted molar refractivity (Wildman–Crippen MR) is 105 cm³/mol. The van der Waals surface area contributed by atoms with Crippen LogP contribution in [0, 0.1) is 13.8 Å². The fraction of sp³-hybridized carbons (Fsp3) is 0.500. The molecule has 2 fully saturated rings. The zero-order valence-electron chi connectivity index (χ0n) is 15.5. The molecule has 2 heterocycles. The highest BCUT2D eigenvalue weighted by Gasteiger charge is 2.31. The molecule has 1 aliphatic heterocycles. The second-order valence-electron chi connectivity index (χ2n) is 7.52. The topological polar surface area (TPSA) is 78.5 Å². The summed E-state index contributed by atoms with van der Waals surface area (Å²) in [6, 6.07) is 8.56. The van der Waals surface area contributed by atoms with Crippen LogP contribution >= 0.6 is 0 Å². The van der Waals surface area contributed by atoms with Crippen LogP contribution in [0.3, 0.4) is 0 Å². The van der Waals surface area contributed by atoms with E-state index in [1.165, 1.54) is 16.8 Å². The first-order valence-electron chi connectivity index (χ1n) is 9.40. The Labute approximate surface area is 154 Å². The van der Waals surface area contributed by atoms with Crippen molar-refractivity contribution in [3.8, 4) is 0 Å². The third-order valence-electron chi connectivity index (χ3n) is 5.80. The van der Waals surface area contributed by atoms with Crippen LogP contribution in [0.1, 0.15) is 35.6 Å². The van der Waals surface area contributed by atoms with Gasteiger partial charge in [0.05, 0.1) is 11.8 Å². The minimum atomic E-state index is -0.194. The molecule has 1 aliphatic carbocycles. The Bertz CT molecular complexity index is 795. The molecule has 6 heteroatoms. The molecule has 0 radical (unpaired) electrons. The molecule has 1 aromatic carbocycles. The van der Waals surface area contributed by atoms with Crippen LogP contribution in [-0.4, -0.2) is 47.4 Å². The normalized spacial score (nSPS) is 23.0. The van der Waals surface area contributed by atoms with E-state index in [9.17, 15) is 5.11 Å². The Morgan fingerprint density at radius 3 is 2.42 bits per heavy atom. The van der Waals surface area contributed by atoms with Crippen molar-refractivity contribution >= 4 is 17.5 Å². The van der Waals surface area contributed by atoms with Gasteiger partial charge < -0.3 is 20.6 Å². The summed E-state index contributed by atoms with van der Waals surface area (Å²) in [6.07, 6.45) is 1.35. The Morgan fingerprint density at radius 2 is 1.73 bits per heavy atom. The zero-order chi connectivity index (χ0) is 18.3. The molecular formula is C20H27N5O. The standard InChI is InChI=1S/C20H27N5O/c1-13-4-3-5-18(14(13)2)24-6-8-25(9-7-24)19-12-17(22-20(21)23-19)15-10-16(26)11-15/h3-5,12,15-16,26H,6-11H2,1-2H3,(H2,21,22,23). The lowest BCUT2D eigenvalue weighted by molar-refractivity contribution is 0.0732. The lowest BCUT2D eigenvalue weighted by atomic mass is 9.80. The van der Waals surface area contributed by atoms with E-state index < -0.39 is 0 Å². The van der Waals surface area contributed by atoms with Crippen molar-refractivity contribution in [3.63, 3.8) is 0 Å². The summed E-state index contributed by atoms with van der Waals surface area (Å²) in [5, 5.41) is 9.56. The van der Waals surface area contributed by atoms with Crippen LogP contribution in [0.2, 0.25) is 0 Å². The molecule has 2 aromatic rings. The minimum Gasteiger partial charge on any atom is -0.393 e. The molecule has 0 bridgehead atoms. The number of anilines is 3. The minimum absolute atomic E-state index is 0.194. The number of nitrogens with zero attached hydrogens (tertiary/aromatic N) is 4. The van der Waals surface area contributed by atoms with Crippen molar-refractivity contribution in [1.29, 1.82) is 0 Å². The van der Waals surface area contributed by atoms with Crippen molar-refractivity contribution in [3.05, 3.63) is 41.1 Å². The molecule has 3 N–H and O–H groups in total. The van der Waals surface area contributed by atoms with Gasteiger partial charge in [0.2, 0.25) is 5.95 Å². The number of aromatic nitrogens is 2. The third-order valence-corrected chi connectivity index (χ3v) is 5.80. The number of nitrogen functional groups attached to an aromatic ring is 1. The van der Waals surface area contributed by atoms with Crippen molar-refractivity contribution in [2.45, 2.75) is 38.7 Å². The molecule has 6 nitrogen and oxygen atoms in total. The van der Waals surface area contributed by atoms with Crippen molar-refractivity contribution < 1.29 is 5.11 Å². The van der Waals surface area contributed by atoms with Crippen molar-refractivity contribution in [2.24, 2.45) is 0 Å². The van der Waals surface area contributed by atoms with E-state index in [0.717, 1.165) is 50.5 Å². The molecule has 2 aliphatic rings.